The van der Waals surface area contributed by atoms with Gasteiger partial charge in [0.1, 0.15) is 23.2 Å². The first-order valence-electron chi connectivity index (χ1n) is 9.57. The van der Waals surface area contributed by atoms with Crippen LogP contribution in [0.4, 0.5) is 4.39 Å². The fourth-order valence-corrected chi connectivity index (χ4v) is 3.23. The van der Waals surface area contributed by atoms with Crippen LogP contribution >= 0.6 is 0 Å². The molecule has 0 spiro atoms. The zero-order valence-corrected chi connectivity index (χ0v) is 17.4. The van der Waals surface area contributed by atoms with E-state index in [9.17, 15) is 24.3 Å². The Bertz CT molecular complexity index is 1250. The summed E-state index contributed by atoms with van der Waals surface area (Å²) in [5, 5.41) is 20.2. The monoisotopic (exact) mass is 420 g/mol. The number of benzene rings is 2. The number of nitriles is 1. The number of hydrogen-bond acceptors (Lipinski definition) is 5. The maximum Gasteiger partial charge on any atom is 0.271 e. The Hall–Kier alpha value is -3.92. The molecule has 0 atom stereocenters. The average Bonchev–Trinajstić information content (AvgIpc) is 2.73. The molecule has 0 fully saturated rings. The summed E-state index contributed by atoms with van der Waals surface area (Å²) in [6.07, 6.45) is 0. The van der Waals surface area contributed by atoms with Gasteiger partial charge in [-0.2, -0.15) is 5.26 Å². The Balaban J connectivity index is 1.97. The van der Waals surface area contributed by atoms with E-state index in [0.29, 0.717) is 11.3 Å². The minimum absolute atomic E-state index is 0.0917. The third kappa shape index (κ3) is 4.48. The van der Waals surface area contributed by atoms with E-state index in [2.05, 4.69) is 0 Å². The quantitative estimate of drug-likeness (QED) is 0.613. The van der Waals surface area contributed by atoms with Crippen molar-refractivity contribution in [2.45, 2.75) is 27.3 Å². The summed E-state index contributed by atoms with van der Waals surface area (Å²) >= 11 is 0. The van der Waals surface area contributed by atoms with Crippen LogP contribution in [-0.2, 0) is 6.54 Å². The van der Waals surface area contributed by atoms with Gasteiger partial charge in [0.15, 0.2) is 6.61 Å². The highest BCUT2D eigenvalue weighted by atomic mass is 19.1. The van der Waals surface area contributed by atoms with E-state index < -0.39 is 23.0 Å². The van der Waals surface area contributed by atoms with Crippen LogP contribution in [0.25, 0.3) is 0 Å². The van der Waals surface area contributed by atoms with E-state index in [1.807, 2.05) is 26.0 Å². The normalized spacial score (nSPS) is 10.5. The number of carbonyl (C=O) groups is 1. The van der Waals surface area contributed by atoms with Crippen molar-refractivity contribution in [3.8, 4) is 17.7 Å². The van der Waals surface area contributed by atoms with Gasteiger partial charge in [0, 0.05) is 0 Å². The largest absolute Gasteiger partial charge is 0.494 e. The second-order valence-corrected chi connectivity index (χ2v) is 7.29. The maximum absolute atomic E-state index is 13.2. The highest BCUT2D eigenvalue weighted by Gasteiger charge is 2.24. The van der Waals surface area contributed by atoms with Crippen molar-refractivity contribution in [3.05, 3.63) is 92.0 Å². The minimum atomic E-state index is -0.728. The number of carbonyl (C=O) groups excluding carboxylic acids is 1. The Morgan fingerprint density at radius 2 is 1.81 bits per heavy atom. The molecule has 1 heterocycles. The molecule has 1 N–H and O–H groups in total. The fourth-order valence-electron chi connectivity index (χ4n) is 3.23. The first-order chi connectivity index (χ1) is 14.7. The Labute approximate surface area is 178 Å². The number of halogens is 1. The van der Waals surface area contributed by atoms with Gasteiger partial charge in [-0.25, -0.2) is 4.39 Å². The van der Waals surface area contributed by atoms with Crippen LogP contribution in [-0.4, -0.2) is 22.1 Å². The molecule has 31 heavy (non-hydrogen) atoms. The predicted molar refractivity (Wildman–Crippen MR) is 113 cm³/mol. The zero-order valence-electron chi connectivity index (χ0n) is 17.4. The van der Waals surface area contributed by atoms with E-state index in [4.69, 9.17) is 4.74 Å². The number of aryl methyl sites for hydroxylation is 2. The lowest BCUT2D eigenvalue weighted by Crippen LogP contribution is -2.28. The topological polar surface area (TPSA) is 92.3 Å². The molecule has 0 aliphatic rings. The molecule has 3 aromatic rings. The smallest absolute Gasteiger partial charge is 0.271 e. The maximum atomic E-state index is 13.2. The van der Waals surface area contributed by atoms with Crippen LogP contribution in [0, 0.1) is 37.9 Å². The van der Waals surface area contributed by atoms with Gasteiger partial charge in [-0.3, -0.25) is 14.2 Å². The molecule has 1 aromatic heterocycles. The van der Waals surface area contributed by atoms with Gasteiger partial charge in [-0.15, -0.1) is 0 Å². The molecule has 3 rings (SSSR count). The van der Waals surface area contributed by atoms with Crippen molar-refractivity contribution in [2.75, 3.05) is 6.61 Å². The van der Waals surface area contributed by atoms with Crippen LogP contribution in [0.2, 0.25) is 0 Å². The number of Topliss-reactive ketones (excluding diaryl/α,β-unsaturated/α-hetero) is 1. The van der Waals surface area contributed by atoms with E-state index in [-0.39, 0.29) is 29.8 Å². The number of aromatic nitrogens is 1. The molecule has 0 aliphatic heterocycles. The Kier molecular flexibility index (Phi) is 6.21. The molecule has 158 valence electrons. The third-order valence-corrected chi connectivity index (χ3v) is 5.18. The molecule has 0 amide bonds. The molecule has 0 bridgehead atoms. The first kappa shape index (κ1) is 21.8. The van der Waals surface area contributed by atoms with Crippen LogP contribution in [0.3, 0.4) is 0 Å². The average molecular weight is 420 g/mol. The lowest BCUT2D eigenvalue weighted by Gasteiger charge is -2.16. The molecular formula is C24H21FN2O4. The summed E-state index contributed by atoms with van der Waals surface area (Å²) in [6, 6.07) is 12.6. The Morgan fingerprint density at radius 3 is 2.42 bits per heavy atom. The second kappa shape index (κ2) is 8.84. The van der Waals surface area contributed by atoms with Crippen molar-refractivity contribution < 1.29 is 19.0 Å². The summed E-state index contributed by atoms with van der Waals surface area (Å²) in [7, 11) is 0. The van der Waals surface area contributed by atoms with Crippen LogP contribution < -0.4 is 10.3 Å². The molecular weight excluding hydrogens is 399 g/mol. The van der Waals surface area contributed by atoms with Gasteiger partial charge in [0.05, 0.1) is 12.1 Å². The van der Waals surface area contributed by atoms with Gasteiger partial charge in [-0.05, 0) is 67.3 Å². The summed E-state index contributed by atoms with van der Waals surface area (Å²) in [6.45, 7) is 4.81. The van der Waals surface area contributed by atoms with E-state index >= 15 is 0 Å². The van der Waals surface area contributed by atoms with Crippen molar-refractivity contribution >= 4 is 5.78 Å². The molecule has 6 nitrogen and oxygen atoms in total. The summed E-state index contributed by atoms with van der Waals surface area (Å²) in [5.41, 5.74) is 1.58. The number of hydrogen-bond donors (Lipinski definition) is 1. The van der Waals surface area contributed by atoms with Crippen molar-refractivity contribution in [2.24, 2.45) is 0 Å². The number of ether oxygens (including phenoxy) is 1. The van der Waals surface area contributed by atoms with Crippen LogP contribution in [0.1, 0.15) is 38.2 Å². The fraction of sp³-hybridized carbons (Fsp3) is 0.208. The molecule has 0 radical (unpaired) electrons. The van der Waals surface area contributed by atoms with E-state index in [1.54, 1.807) is 12.1 Å². The molecule has 0 saturated heterocycles. The standard InChI is InChI=1S/C24H21FN2O4/c1-14-4-9-19(10-15(14)2)31-13-21(28)22-16(3)20(11-26)23(29)27(24(22)30)12-17-5-7-18(25)8-6-17/h4-10,30H,12-13H2,1-3H3. The van der Waals surface area contributed by atoms with Crippen molar-refractivity contribution in [1.82, 2.24) is 4.57 Å². The predicted octanol–water partition coefficient (Wildman–Crippen LogP) is 3.80. The van der Waals surface area contributed by atoms with E-state index in [1.165, 1.54) is 31.2 Å². The number of nitrogens with zero attached hydrogens (tertiary/aromatic N) is 2. The lowest BCUT2D eigenvalue weighted by atomic mass is 10.0. The molecule has 7 heteroatoms. The first-order valence-corrected chi connectivity index (χ1v) is 9.57. The Morgan fingerprint density at radius 1 is 1.13 bits per heavy atom. The van der Waals surface area contributed by atoms with Gasteiger partial charge >= 0.3 is 0 Å². The number of rotatable bonds is 6. The lowest BCUT2D eigenvalue weighted by molar-refractivity contribution is 0.0916. The molecule has 2 aromatic carbocycles. The zero-order chi connectivity index (χ0) is 22.7. The number of pyridine rings is 1. The highest BCUT2D eigenvalue weighted by molar-refractivity contribution is 6.01. The number of aromatic hydroxyl groups is 1. The van der Waals surface area contributed by atoms with Gasteiger partial charge in [0.2, 0.25) is 11.7 Å². The van der Waals surface area contributed by atoms with Gasteiger partial charge in [0.25, 0.3) is 5.56 Å². The van der Waals surface area contributed by atoms with Crippen molar-refractivity contribution in [1.29, 1.82) is 5.26 Å². The van der Waals surface area contributed by atoms with Gasteiger partial charge in [-0.1, -0.05) is 18.2 Å². The highest BCUT2D eigenvalue weighted by Crippen LogP contribution is 2.24. The number of ketones is 1. The van der Waals surface area contributed by atoms with E-state index in [0.717, 1.165) is 15.7 Å². The summed E-state index contributed by atoms with van der Waals surface area (Å²) < 4.78 is 19.7. The van der Waals surface area contributed by atoms with Crippen molar-refractivity contribution in [3.63, 3.8) is 0 Å². The van der Waals surface area contributed by atoms with Crippen LogP contribution in [0.5, 0.6) is 11.6 Å². The molecule has 0 unspecified atom stereocenters. The third-order valence-electron chi connectivity index (χ3n) is 5.18. The summed E-state index contributed by atoms with van der Waals surface area (Å²) in [4.78, 5) is 25.6. The SMILES string of the molecule is Cc1ccc(OCC(=O)c2c(C)c(C#N)c(=O)n(Cc3ccc(F)cc3)c2O)cc1C. The molecule has 0 saturated carbocycles. The van der Waals surface area contributed by atoms with Gasteiger partial charge < -0.3 is 9.84 Å². The second-order valence-electron chi connectivity index (χ2n) is 7.29. The molecule has 0 aliphatic carbocycles. The summed E-state index contributed by atoms with van der Waals surface area (Å²) in [5.74, 6) is -1.08. The van der Waals surface area contributed by atoms with Crippen LogP contribution in [0.15, 0.2) is 47.3 Å². The minimum Gasteiger partial charge on any atom is -0.494 e.